The Labute approximate surface area is 209 Å². The van der Waals surface area contributed by atoms with Crippen LogP contribution in [0.4, 0.5) is 0 Å². The van der Waals surface area contributed by atoms with E-state index in [0.717, 1.165) is 16.8 Å². The summed E-state index contributed by atoms with van der Waals surface area (Å²) in [5, 5.41) is 4.04. The van der Waals surface area contributed by atoms with Gasteiger partial charge >= 0.3 is 5.97 Å². The second-order valence-electron chi connectivity index (χ2n) is 8.89. The number of pyridine rings is 1. The van der Waals surface area contributed by atoms with Gasteiger partial charge in [0.2, 0.25) is 0 Å². The third-order valence-corrected chi connectivity index (χ3v) is 6.84. The lowest BCUT2D eigenvalue weighted by Crippen LogP contribution is -2.36. The smallest absolute Gasteiger partial charge is 0.337 e. The predicted octanol–water partition coefficient (Wildman–Crippen LogP) is 5.84. The summed E-state index contributed by atoms with van der Waals surface area (Å²) in [6, 6.07) is 22.7. The molecule has 0 amide bonds. The van der Waals surface area contributed by atoms with Crippen molar-refractivity contribution >= 4 is 23.4 Å². The molecule has 0 radical (unpaired) electrons. The molecule has 0 spiro atoms. The van der Waals surface area contributed by atoms with E-state index in [9.17, 15) is 9.59 Å². The fourth-order valence-corrected chi connectivity index (χ4v) is 5.05. The van der Waals surface area contributed by atoms with Crippen LogP contribution in [0.3, 0.4) is 0 Å². The van der Waals surface area contributed by atoms with Crippen LogP contribution in [0.25, 0.3) is 0 Å². The minimum Gasteiger partial charge on any atom is -0.457 e. The van der Waals surface area contributed by atoms with Gasteiger partial charge in [0.15, 0.2) is 5.78 Å². The maximum absolute atomic E-state index is 13.6. The number of hydrogen-bond acceptors (Lipinski definition) is 5. The maximum atomic E-state index is 13.6. The molecule has 3 aromatic rings. The summed E-state index contributed by atoms with van der Waals surface area (Å²) in [4.78, 5) is 31.5. The van der Waals surface area contributed by atoms with Gasteiger partial charge in [0.25, 0.3) is 0 Å². The molecule has 35 heavy (non-hydrogen) atoms. The first kappa shape index (κ1) is 23.1. The molecule has 2 atom stereocenters. The normalized spacial score (nSPS) is 19.8. The molecule has 5 rings (SSSR count). The first-order chi connectivity index (χ1) is 17.0. The van der Waals surface area contributed by atoms with Gasteiger partial charge in [-0.25, -0.2) is 4.79 Å². The number of ether oxygens (including phenoxy) is 1. The first-order valence-electron chi connectivity index (χ1n) is 11.6. The minimum atomic E-state index is -0.575. The summed E-state index contributed by atoms with van der Waals surface area (Å²) in [5.41, 5.74) is 5.18. The van der Waals surface area contributed by atoms with Crippen molar-refractivity contribution in [2.24, 2.45) is 0 Å². The van der Waals surface area contributed by atoms with E-state index in [1.54, 1.807) is 6.20 Å². The third kappa shape index (κ3) is 4.77. The number of nitrogens with zero attached hydrogens (tertiary/aromatic N) is 1. The highest BCUT2D eigenvalue weighted by molar-refractivity contribution is 6.30. The Morgan fingerprint density at radius 1 is 1.03 bits per heavy atom. The van der Waals surface area contributed by atoms with E-state index in [2.05, 4.69) is 10.3 Å². The van der Waals surface area contributed by atoms with Gasteiger partial charge in [-0.1, -0.05) is 60.1 Å². The van der Waals surface area contributed by atoms with Crippen LogP contribution >= 0.6 is 11.6 Å². The number of allylic oxidation sites excluding steroid dienone is 3. The fraction of sp³-hybridized carbons (Fsp3) is 0.207. The molecular weight excluding hydrogens is 460 g/mol. The number of esters is 1. The lowest BCUT2D eigenvalue weighted by atomic mass is 9.73. The van der Waals surface area contributed by atoms with E-state index in [0.29, 0.717) is 40.4 Å². The fourth-order valence-electron chi connectivity index (χ4n) is 4.92. The Hall–Kier alpha value is -3.70. The summed E-state index contributed by atoms with van der Waals surface area (Å²) in [7, 11) is 0. The molecule has 2 aromatic carbocycles. The zero-order chi connectivity index (χ0) is 24.4. The topological polar surface area (TPSA) is 68.3 Å². The lowest BCUT2D eigenvalue weighted by molar-refractivity contribution is -0.140. The minimum absolute atomic E-state index is 0.00946. The van der Waals surface area contributed by atoms with Crippen LogP contribution in [-0.4, -0.2) is 16.7 Å². The Morgan fingerprint density at radius 3 is 2.49 bits per heavy atom. The Balaban J connectivity index is 1.49. The number of rotatable bonds is 5. The molecule has 1 aliphatic carbocycles. The number of halogens is 1. The van der Waals surface area contributed by atoms with E-state index in [1.165, 1.54) is 0 Å². The van der Waals surface area contributed by atoms with E-state index in [1.807, 2.05) is 79.7 Å². The molecule has 2 aliphatic rings. The van der Waals surface area contributed by atoms with Gasteiger partial charge in [0.05, 0.1) is 17.2 Å². The summed E-state index contributed by atoms with van der Waals surface area (Å²) in [6.07, 6.45) is 2.70. The van der Waals surface area contributed by atoms with E-state index >= 15 is 0 Å². The van der Waals surface area contributed by atoms with Crippen LogP contribution < -0.4 is 5.32 Å². The van der Waals surface area contributed by atoms with Crippen molar-refractivity contribution in [3.05, 3.63) is 123 Å². The molecule has 1 aromatic heterocycles. The van der Waals surface area contributed by atoms with Gasteiger partial charge < -0.3 is 10.1 Å². The average molecular weight is 485 g/mol. The zero-order valence-electron chi connectivity index (χ0n) is 19.3. The maximum Gasteiger partial charge on any atom is 0.337 e. The molecule has 2 heterocycles. The molecule has 176 valence electrons. The monoisotopic (exact) mass is 484 g/mol. The van der Waals surface area contributed by atoms with Crippen LogP contribution in [0, 0.1) is 0 Å². The van der Waals surface area contributed by atoms with Crippen molar-refractivity contribution in [1.82, 2.24) is 10.3 Å². The average Bonchev–Trinajstić information content (AvgIpc) is 2.88. The molecule has 0 bridgehead atoms. The number of hydrogen-bond donors (Lipinski definition) is 1. The van der Waals surface area contributed by atoms with E-state index in [-0.39, 0.29) is 18.3 Å². The number of Topliss-reactive ketones (excluding diaryl/α,β-unsaturated/α-hetero) is 1. The van der Waals surface area contributed by atoms with Gasteiger partial charge in [0.1, 0.15) is 6.61 Å². The molecule has 0 fully saturated rings. The highest BCUT2D eigenvalue weighted by atomic mass is 35.5. The highest BCUT2D eigenvalue weighted by Gasteiger charge is 2.42. The highest BCUT2D eigenvalue weighted by Crippen LogP contribution is 2.45. The number of carbonyl (C=O) groups is 2. The summed E-state index contributed by atoms with van der Waals surface area (Å²) in [6.45, 7) is 2.01. The van der Waals surface area contributed by atoms with Crippen LogP contribution in [0.1, 0.15) is 48.4 Å². The number of nitrogens with one attached hydrogen (secondary N) is 1. The predicted molar refractivity (Wildman–Crippen MR) is 135 cm³/mol. The SMILES string of the molecule is CC1=C(C(=O)OCc2ccccc2)[C@H](c2ccccn2)C2=C(C[C@@H](c3ccc(Cl)cc3)CC2=O)N1. The molecule has 1 aliphatic heterocycles. The molecule has 5 nitrogen and oxygen atoms in total. The van der Waals surface area contributed by atoms with E-state index < -0.39 is 11.9 Å². The number of carbonyl (C=O) groups excluding carboxylic acids is 2. The summed E-state index contributed by atoms with van der Waals surface area (Å²) in [5.74, 6) is -0.979. The number of dihydropyridines is 1. The lowest BCUT2D eigenvalue weighted by Gasteiger charge is -2.36. The van der Waals surface area contributed by atoms with E-state index in [4.69, 9.17) is 16.3 Å². The standard InChI is InChI=1S/C29H25ClN2O3/c1-18-26(29(34)35-17-19-7-3-2-4-8-19)28(23-9-5-6-14-31-23)27-24(32-18)15-21(16-25(27)33)20-10-12-22(30)13-11-20/h2-14,21,28,32H,15-17H2,1H3/t21-,28+/m1/s1. The van der Waals surface area contributed by atoms with Gasteiger partial charge in [-0.05, 0) is 54.7 Å². The van der Waals surface area contributed by atoms with Crippen molar-refractivity contribution < 1.29 is 14.3 Å². The Morgan fingerprint density at radius 2 is 1.77 bits per heavy atom. The molecular formula is C29H25ClN2O3. The summed E-state index contributed by atoms with van der Waals surface area (Å²) >= 11 is 6.06. The molecule has 1 N–H and O–H groups in total. The number of ketones is 1. The Bertz CT molecular complexity index is 1320. The van der Waals surface area contributed by atoms with Gasteiger partial charge in [-0.15, -0.1) is 0 Å². The van der Waals surface area contributed by atoms with Crippen LogP contribution in [0.2, 0.25) is 5.02 Å². The van der Waals surface area contributed by atoms with Crippen molar-refractivity contribution in [2.75, 3.05) is 0 Å². The second kappa shape index (κ2) is 9.88. The molecule has 6 heteroatoms. The third-order valence-electron chi connectivity index (χ3n) is 6.59. The second-order valence-corrected chi connectivity index (χ2v) is 9.32. The quantitative estimate of drug-likeness (QED) is 0.461. The van der Waals surface area contributed by atoms with Crippen molar-refractivity contribution in [2.45, 2.75) is 38.2 Å². The van der Waals surface area contributed by atoms with Gasteiger partial charge in [0, 0.05) is 34.6 Å². The van der Waals surface area contributed by atoms with Crippen molar-refractivity contribution in [3.8, 4) is 0 Å². The van der Waals surface area contributed by atoms with Crippen LogP contribution in [-0.2, 0) is 20.9 Å². The molecule has 0 saturated heterocycles. The number of aromatic nitrogens is 1. The number of benzene rings is 2. The van der Waals surface area contributed by atoms with Gasteiger partial charge in [-0.2, -0.15) is 0 Å². The zero-order valence-corrected chi connectivity index (χ0v) is 20.1. The molecule has 0 saturated carbocycles. The Kier molecular flexibility index (Phi) is 6.51. The largest absolute Gasteiger partial charge is 0.457 e. The van der Waals surface area contributed by atoms with Gasteiger partial charge in [-0.3, -0.25) is 9.78 Å². The van der Waals surface area contributed by atoms with Crippen molar-refractivity contribution in [1.29, 1.82) is 0 Å². The van der Waals surface area contributed by atoms with Crippen molar-refractivity contribution in [3.63, 3.8) is 0 Å². The molecule has 0 unspecified atom stereocenters. The van der Waals surface area contributed by atoms with Crippen LogP contribution in [0.5, 0.6) is 0 Å². The first-order valence-corrected chi connectivity index (χ1v) is 12.0. The summed E-state index contributed by atoms with van der Waals surface area (Å²) < 4.78 is 5.70. The van der Waals surface area contributed by atoms with Crippen LogP contribution in [0.15, 0.2) is 102 Å².